The Labute approximate surface area is 231 Å². The van der Waals surface area contributed by atoms with Gasteiger partial charge in [-0.3, -0.25) is 14.4 Å². The van der Waals surface area contributed by atoms with Crippen LogP contribution in [0.1, 0.15) is 32.7 Å². The Balaban J connectivity index is 1.01. The molecule has 2 amide bonds. The highest BCUT2D eigenvalue weighted by Crippen LogP contribution is 2.65. The molecule has 0 aromatic heterocycles. The Hall–Kier alpha value is -4.52. The number of amides is 2. The molecule has 8 rings (SSSR count). The topological polar surface area (TPSA) is 90.0 Å². The van der Waals surface area contributed by atoms with Crippen LogP contribution in [0.15, 0.2) is 91.0 Å². The number of esters is 1. The highest BCUT2D eigenvalue weighted by Gasteiger charge is 2.67. The van der Waals surface area contributed by atoms with Gasteiger partial charge in [0.25, 0.3) is 0 Å². The average Bonchev–Trinajstić information content (AvgIpc) is 3.78. The van der Waals surface area contributed by atoms with Crippen LogP contribution in [0.25, 0.3) is 0 Å². The van der Waals surface area contributed by atoms with E-state index in [1.165, 1.54) is 11.0 Å². The first kappa shape index (κ1) is 24.5. The molecule has 2 saturated carbocycles. The molecular formula is C33H27NO6. The second-order valence-corrected chi connectivity index (χ2v) is 11.0. The summed E-state index contributed by atoms with van der Waals surface area (Å²) >= 11 is 0. The number of hydrogen-bond acceptors (Lipinski definition) is 6. The van der Waals surface area contributed by atoms with Crippen LogP contribution in [0, 0.1) is 35.5 Å². The number of Topliss-reactive ketones (excluding diaryl/α,β-unsaturated/α-hetero) is 1. The lowest BCUT2D eigenvalue weighted by Crippen LogP contribution is -2.40. The van der Waals surface area contributed by atoms with E-state index in [0.717, 1.165) is 12.0 Å². The number of para-hydroxylation sites is 1. The fourth-order valence-electron chi connectivity index (χ4n) is 6.81. The molecule has 40 heavy (non-hydrogen) atoms. The number of anilines is 1. The van der Waals surface area contributed by atoms with Gasteiger partial charge in [-0.05, 0) is 72.1 Å². The van der Waals surface area contributed by atoms with Gasteiger partial charge in [0.2, 0.25) is 11.8 Å². The van der Waals surface area contributed by atoms with Crippen molar-refractivity contribution in [1.82, 2.24) is 0 Å². The van der Waals surface area contributed by atoms with Gasteiger partial charge in [-0.1, -0.05) is 54.6 Å². The summed E-state index contributed by atoms with van der Waals surface area (Å²) in [6.45, 7) is -0.0599. The van der Waals surface area contributed by atoms with Crippen molar-refractivity contribution in [3.63, 3.8) is 0 Å². The largest absolute Gasteiger partial charge is 0.489 e. The molecule has 1 heterocycles. The molecular weight excluding hydrogens is 506 g/mol. The van der Waals surface area contributed by atoms with E-state index in [1.807, 2.05) is 30.3 Å². The molecule has 200 valence electrons. The van der Waals surface area contributed by atoms with Crippen LogP contribution >= 0.6 is 0 Å². The fourth-order valence-corrected chi connectivity index (χ4v) is 6.81. The van der Waals surface area contributed by atoms with Crippen LogP contribution < -0.4 is 9.64 Å². The zero-order valence-electron chi connectivity index (χ0n) is 21.6. The van der Waals surface area contributed by atoms with Crippen molar-refractivity contribution >= 4 is 29.3 Å². The van der Waals surface area contributed by atoms with Crippen LogP contribution in [0.5, 0.6) is 5.75 Å². The number of ether oxygens (including phenoxy) is 2. The molecule has 7 heteroatoms. The fraction of sp³-hybridized carbons (Fsp3) is 0.273. The van der Waals surface area contributed by atoms with E-state index in [4.69, 9.17) is 9.47 Å². The van der Waals surface area contributed by atoms with E-state index in [1.54, 1.807) is 42.5 Å². The van der Waals surface area contributed by atoms with Crippen LogP contribution in [0.3, 0.4) is 0 Å². The molecule has 3 fully saturated rings. The number of allylic oxidation sites excluding steroid dienone is 2. The van der Waals surface area contributed by atoms with Crippen molar-refractivity contribution in [2.45, 2.75) is 13.0 Å². The number of benzene rings is 3. The van der Waals surface area contributed by atoms with Crippen molar-refractivity contribution in [2.24, 2.45) is 35.5 Å². The Morgan fingerprint density at radius 1 is 0.775 bits per heavy atom. The maximum absolute atomic E-state index is 13.5. The summed E-state index contributed by atoms with van der Waals surface area (Å²) in [5, 5.41) is 0. The van der Waals surface area contributed by atoms with Gasteiger partial charge in [-0.25, -0.2) is 9.69 Å². The van der Waals surface area contributed by atoms with E-state index >= 15 is 0 Å². The molecule has 6 atom stereocenters. The maximum Gasteiger partial charge on any atom is 0.340 e. The zero-order chi connectivity index (χ0) is 27.4. The molecule has 0 spiro atoms. The highest BCUT2D eigenvalue weighted by atomic mass is 16.5. The summed E-state index contributed by atoms with van der Waals surface area (Å²) in [5.41, 5.74) is 1.72. The summed E-state index contributed by atoms with van der Waals surface area (Å²) in [7, 11) is 0. The van der Waals surface area contributed by atoms with Gasteiger partial charge < -0.3 is 9.47 Å². The number of carbonyl (C=O) groups is 4. The van der Waals surface area contributed by atoms with E-state index in [-0.39, 0.29) is 52.5 Å². The molecule has 1 saturated heterocycles. The third-order valence-electron chi connectivity index (χ3n) is 8.79. The standard InChI is InChI=1S/C33H27NO6/c35-28(20-10-12-21(13-11-20)39-17-19-6-2-1-3-7-19)18-40-33(38)24-8-4-5-9-27(24)34-31(36)29-22-14-15-23(26-16-25(22)26)30(29)32(34)37/h1-15,22-23,25-26,29-30H,16-18H2/t22-,23-,25-,26+,29+,30+/m0/s1. The molecule has 4 aliphatic carbocycles. The molecule has 3 aromatic rings. The number of hydrogen-bond donors (Lipinski definition) is 0. The first-order chi connectivity index (χ1) is 19.5. The zero-order valence-corrected chi connectivity index (χ0v) is 21.6. The van der Waals surface area contributed by atoms with Crippen LogP contribution in [-0.2, 0) is 20.9 Å². The summed E-state index contributed by atoms with van der Waals surface area (Å²) in [4.78, 5) is 54.1. The smallest absolute Gasteiger partial charge is 0.340 e. The van der Waals surface area contributed by atoms with Crippen LogP contribution in [0.4, 0.5) is 5.69 Å². The lowest BCUT2D eigenvalue weighted by Gasteiger charge is -2.37. The lowest BCUT2D eigenvalue weighted by atomic mass is 9.63. The molecule has 5 aliphatic rings. The number of carbonyl (C=O) groups excluding carboxylic acids is 4. The summed E-state index contributed by atoms with van der Waals surface area (Å²) < 4.78 is 11.1. The summed E-state index contributed by atoms with van der Waals surface area (Å²) in [5.74, 6) is -0.570. The van der Waals surface area contributed by atoms with Crippen molar-refractivity contribution in [2.75, 3.05) is 11.5 Å². The van der Waals surface area contributed by atoms with E-state index in [0.29, 0.717) is 29.8 Å². The Morgan fingerprint density at radius 2 is 1.40 bits per heavy atom. The second kappa shape index (κ2) is 9.59. The number of ketones is 1. The van der Waals surface area contributed by atoms with Crippen LogP contribution in [0.2, 0.25) is 0 Å². The molecule has 0 radical (unpaired) electrons. The van der Waals surface area contributed by atoms with Crippen molar-refractivity contribution in [1.29, 1.82) is 0 Å². The number of nitrogens with zero attached hydrogens (tertiary/aromatic N) is 1. The van der Waals surface area contributed by atoms with E-state index in [2.05, 4.69) is 12.2 Å². The number of imide groups is 1. The predicted octanol–water partition coefficient (Wildman–Crippen LogP) is 4.86. The van der Waals surface area contributed by atoms with Gasteiger partial charge in [-0.2, -0.15) is 0 Å². The third kappa shape index (κ3) is 4.04. The van der Waals surface area contributed by atoms with Gasteiger partial charge in [0.1, 0.15) is 12.4 Å². The number of rotatable bonds is 8. The van der Waals surface area contributed by atoms with E-state index < -0.39 is 12.6 Å². The molecule has 3 aromatic carbocycles. The van der Waals surface area contributed by atoms with Gasteiger partial charge in [0.15, 0.2) is 12.4 Å². The summed E-state index contributed by atoms with van der Waals surface area (Å²) in [6.07, 6.45) is 5.31. The lowest BCUT2D eigenvalue weighted by molar-refractivity contribution is -0.124. The Kier molecular flexibility index (Phi) is 5.88. The minimum Gasteiger partial charge on any atom is -0.489 e. The quantitative estimate of drug-likeness (QED) is 0.178. The van der Waals surface area contributed by atoms with Crippen molar-refractivity contribution in [3.8, 4) is 5.75 Å². The average molecular weight is 534 g/mol. The molecule has 0 unspecified atom stereocenters. The normalized spacial score (nSPS) is 27.2. The molecule has 0 N–H and O–H groups in total. The monoisotopic (exact) mass is 533 g/mol. The first-order valence-corrected chi connectivity index (χ1v) is 13.6. The highest BCUT2D eigenvalue weighted by molar-refractivity contribution is 6.24. The van der Waals surface area contributed by atoms with Gasteiger partial charge in [-0.15, -0.1) is 0 Å². The Morgan fingerprint density at radius 3 is 2.08 bits per heavy atom. The molecule has 7 nitrogen and oxygen atoms in total. The van der Waals surface area contributed by atoms with Crippen molar-refractivity contribution < 1.29 is 28.7 Å². The predicted molar refractivity (Wildman–Crippen MR) is 145 cm³/mol. The van der Waals surface area contributed by atoms with E-state index in [9.17, 15) is 19.2 Å². The first-order valence-electron chi connectivity index (χ1n) is 13.6. The Bertz CT molecular complexity index is 1510. The van der Waals surface area contributed by atoms with Crippen LogP contribution in [-0.4, -0.2) is 30.2 Å². The summed E-state index contributed by atoms with van der Waals surface area (Å²) in [6, 6.07) is 22.9. The molecule has 2 bridgehead atoms. The third-order valence-corrected chi connectivity index (χ3v) is 8.79. The second-order valence-electron chi connectivity index (χ2n) is 11.0. The van der Waals surface area contributed by atoms with Gasteiger partial charge >= 0.3 is 5.97 Å². The SMILES string of the molecule is O=C(COC(=O)c1ccccc1N1C(=O)[C@@H]2[C@H]3C=C[C@@H]([C@@H]4C[C@H]34)[C@H]2C1=O)c1ccc(OCc2ccccc2)cc1. The minimum absolute atomic E-state index is 0.0887. The minimum atomic E-state index is -0.758. The maximum atomic E-state index is 13.5. The van der Waals surface area contributed by atoms with Crippen molar-refractivity contribution in [3.05, 3.63) is 108 Å². The molecule has 1 aliphatic heterocycles. The van der Waals surface area contributed by atoms with Gasteiger partial charge in [0, 0.05) is 5.56 Å². The van der Waals surface area contributed by atoms with Gasteiger partial charge in [0.05, 0.1) is 23.1 Å².